The number of benzene rings is 2. The number of anilines is 1. The molecule has 0 aliphatic carbocycles. The molecule has 8 heteroatoms. The highest BCUT2D eigenvalue weighted by Crippen LogP contribution is 2.20. The number of nitrogens with zero attached hydrogens (tertiary/aromatic N) is 4. The lowest BCUT2D eigenvalue weighted by Crippen LogP contribution is -2.48. The average molecular weight is 465 g/mol. The van der Waals surface area contributed by atoms with E-state index in [2.05, 4.69) is 10.00 Å². The fraction of sp³-hybridized carbons (Fsp3) is 0.346. The second-order valence-corrected chi connectivity index (χ2v) is 8.19. The standard InChI is InChI=1S/C26H29FN4O3/c1-2-34-23-11-5-20(6-12-23)24-13-14-26(33)31(28-24)15-3-4-25(32)30-18-16-29(17-19-30)22-9-7-21(27)8-10-22/h5-14H,2-4,15-19H2,1H3. The van der Waals surface area contributed by atoms with Crippen LogP contribution < -0.4 is 15.2 Å². The van der Waals surface area contributed by atoms with Crippen LogP contribution in [0, 0.1) is 5.82 Å². The minimum absolute atomic E-state index is 0.0782. The van der Waals surface area contributed by atoms with Gasteiger partial charge in [0.2, 0.25) is 5.91 Å². The van der Waals surface area contributed by atoms with Crippen molar-refractivity contribution < 1.29 is 13.9 Å². The van der Waals surface area contributed by atoms with E-state index in [9.17, 15) is 14.0 Å². The summed E-state index contributed by atoms with van der Waals surface area (Å²) in [6.45, 7) is 5.59. The highest BCUT2D eigenvalue weighted by Gasteiger charge is 2.21. The van der Waals surface area contributed by atoms with E-state index < -0.39 is 0 Å². The van der Waals surface area contributed by atoms with Gasteiger partial charge in [0, 0.05) is 56.5 Å². The summed E-state index contributed by atoms with van der Waals surface area (Å²) in [6, 6.07) is 17.2. The molecule has 7 nitrogen and oxygen atoms in total. The fourth-order valence-electron chi connectivity index (χ4n) is 4.06. The molecule has 3 aromatic rings. The average Bonchev–Trinajstić information content (AvgIpc) is 2.86. The van der Waals surface area contributed by atoms with Crippen molar-refractivity contribution in [3.05, 3.63) is 76.8 Å². The number of halogens is 1. The molecule has 1 fully saturated rings. The van der Waals surface area contributed by atoms with Gasteiger partial charge in [0.05, 0.1) is 12.3 Å². The molecule has 0 saturated carbocycles. The Hall–Kier alpha value is -3.68. The normalized spacial score (nSPS) is 13.7. The molecule has 4 rings (SSSR count). The van der Waals surface area contributed by atoms with Gasteiger partial charge < -0.3 is 14.5 Å². The third kappa shape index (κ3) is 5.81. The van der Waals surface area contributed by atoms with Crippen LogP contribution in [0.3, 0.4) is 0 Å². The second-order valence-electron chi connectivity index (χ2n) is 8.19. The van der Waals surface area contributed by atoms with Gasteiger partial charge in [-0.25, -0.2) is 9.07 Å². The minimum Gasteiger partial charge on any atom is -0.494 e. The molecule has 178 valence electrons. The van der Waals surface area contributed by atoms with Gasteiger partial charge in [-0.1, -0.05) is 0 Å². The molecule has 0 N–H and O–H groups in total. The van der Waals surface area contributed by atoms with Crippen molar-refractivity contribution in [1.29, 1.82) is 0 Å². The van der Waals surface area contributed by atoms with Crippen molar-refractivity contribution in [2.45, 2.75) is 26.3 Å². The largest absolute Gasteiger partial charge is 0.494 e. The number of ether oxygens (including phenoxy) is 1. The van der Waals surface area contributed by atoms with E-state index in [-0.39, 0.29) is 17.3 Å². The Morgan fingerprint density at radius 3 is 2.35 bits per heavy atom. The number of amides is 1. The zero-order valence-electron chi connectivity index (χ0n) is 19.3. The lowest BCUT2D eigenvalue weighted by Gasteiger charge is -2.36. The van der Waals surface area contributed by atoms with Gasteiger partial charge in [-0.3, -0.25) is 9.59 Å². The summed E-state index contributed by atoms with van der Waals surface area (Å²) < 4.78 is 20.0. The summed E-state index contributed by atoms with van der Waals surface area (Å²) in [5, 5.41) is 4.48. The van der Waals surface area contributed by atoms with Crippen LogP contribution >= 0.6 is 0 Å². The number of aryl methyl sites for hydroxylation is 1. The van der Waals surface area contributed by atoms with Crippen molar-refractivity contribution in [1.82, 2.24) is 14.7 Å². The van der Waals surface area contributed by atoms with Gasteiger partial charge in [-0.15, -0.1) is 0 Å². The first-order valence-electron chi connectivity index (χ1n) is 11.6. The van der Waals surface area contributed by atoms with E-state index >= 15 is 0 Å². The van der Waals surface area contributed by atoms with E-state index in [0.29, 0.717) is 57.9 Å². The van der Waals surface area contributed by atoms with Crippen molar-refractivity contribution in [3.63, 3.8) is 0 Å². The number of piperazine rings is 1. The SMILES string of the molecule is CCOc1ccc(-c2ccc(=O)n(CCCC(=O)N3CCN(c4ccc(F)cc4)CC3)n2)cc1. The minimum atomic E-state index is -0.254. The van der Waals surface area contributed by atoms with Gasteiger partial charge in [0.1, 0.15) is 11.6 Å². The van der Waals surface area contributed by atoms with Crippen LogP contribution in [0.25, 0.3) is 11.3 Å². The van der Waals surface area contributed by atoms with Crippen molar-refractivity contribution in [2.24, 2.45) is 0 Å². The van der Waals surface area contributed by atoms with Gasteiger partial charge in [0.15, 0.2) is 0 Å². The third-order valence-electron chi connectivity index (χ3n) is 5.91. The van der Waals surface area contributed by atoms with Crippen LogP contribution in [0.5, 0.6) is 5.75 Å². The molecule has 0 bridgehead atoms. The molecule has 1 amide bonds. The van der Waals surface area contributed by atoms with Gasteiger partial charge in [-0.2, -0.15) is 5.10 Å². The first kappa shape index (κ1) is 23.5. The molecule has 0 atom stereocenters. The Morgan fingerprint density at radius 1 is 0.971 bits per heavy atom. The second kappa shape index (κ2) is 11.0. The van der Waals surface area contributed by atoms with E-state index in [1.165, 1.54) is 22.9 Å². The summed E-state index contributed by atoms with van der Waals surface area (Å²) in [4.78, 5) is 28.9. The van der Waals surface area contributed by atoms with Crippen LogP contribution in [-0.2, 0) is 11.3 Å². The van der Waals surface area contributed by atoms with Gasteiger partial charge in [-0.05, 0) is 67.9 Å². The molecular weight excluding hydrogens is 435 g/mol. The lowest BCUT2D eigenvalue weighted by atomic mass is 10.1. The molecule has 0 spiro atoms. The molecule has 34 heavy (non-hydrogen) atoms. The maximum atomic E-state index is 13.1. The van der Waals surface area contributed by atoms with E-state index in [1.807, 2.05) is 36.1 Å². The lowest BCUT2D eigenvalue weighted by molar-refractivity contribution is -0.131. The topological polar surface area (TPSA) is 67.7 Å². The van der Waals surface area contributed by atoms with Crippen LogP contribution in [0.4, 0.5) is 10.1 Å². The number of carbonyl (C=O) groups excluding carboxylic acids is 1. The predicted molar refractivity (Wildman–Crippen MR) is 130 cm³/mol. The summed E-state index contributed by atoms with van der Waals surface area (Å²) in [5.41, 5.74) is 2.37. The number of rotatable bonds is 8. The third-order valence-corrected chi connectivity index (χ3v) is 5.91. The maximum Gasteiger partial charge on any atom is 0.266 e. The number of hydrogen-bond acceptors (Lipinski definition) is 5. The molecule has 1 aliphatic rings. The van der Waals surface area contributed by atoms with Crippen molar-refractivity contribution in [2.75, 3.05) is 37.7 Å². The summed E-state index contributed by atoms with van der Waals surface area (Å²) >= 11 is 0. The number of hydrogen-bond donors (Lipinski definition) is 0. The smallest absolute Gasteiger partial charge is 0.266 e. The zero-order chi connectivity index (χ0) is 23.9. The molecule has 1 saturated heterocycles. The van der Waals surface area contributed by atoms with Crippen molar-refractivity contribution in [3.8, 4) is 17.0 Å². The Labute approximate surface area is 198 Å². The molecule has 2 aromatic carbocycles. The van der Waals surface area contributed by atoms with Crippen LogP contribution in [-0.4, -0.2) is 53.4 Å². The molecule has 0 unspecified atom stereocenters. The molecular formula is C26H29FN4O3. The number of aromatic nitrogens is 2. The fourth-order valence-corrected chi connectivity index (χ4v) is 4.06. The maximum absolute atomic E-state index is 13.1. The molecule has 2 heterocycles. The monoisotopic (exact) mass is 464 g/mol. The van der Waals surface area contributed by atoms with Crippen LogP contribution in [0.15, 0.2) is 65.5 Å². The Bertz CT molecular complexity index is 1150. The Morgan fingerprint density at radius 2 is 1.68 bits per heavy atom. The quantitative estimate of drug-likeness (QED) is 0.510. The molecule has 1 aliphatic heterocycles. The highest BCUT2D eigenvalue weighted by molar-refractivity contribution is 5.76. The summed E-state index contributed by atoms with van der Waals surface area (Å²) in [7, 11) is 0. The Kier molecular flexibility index (Phi) is 7.57. The predicted octanol–water partition coefficient (Wildman–Crippen LogP) is 3.58. The van der Waals surface area contributed by atoms with E-state index in [1.54, 1.807) is 18.2 Å². The van der Waals surface area contributed by atoms with Crippen molar-refractivity contribution >= 4 is 11.6 Å². The zero-order valence-corrected chi connectivity index (χ0v) is 19.3. The number of carbonyl (C=O) groups is 1. The highest BCUT2D eigenvalue weighted by atomic mass is 19.1. The van der Waals surface area contributed by atoms with E-state index in [4.69, 9.17) is 4.74 Å². The van der Waals surface area contributed by atoms with E-state index in [0.717, 1.165) is 17.0 Å². The van der Waals surface area contributed by atoms with Crippen LogP contribution in [0.2, 0.25) is 0 Å². The first-order valence-corrected chi connectivity index (χ1v) is 11.6. The Balaban J connectivity index is 1.28. The summed E-state index contributed by atoms with van der Waals surface area (Å²) in [5.74, 6) is 0.613. The van der Waals surface area contributed by atoms with Crippen LogP contribution in [0.1, 0.15) is 19.8 Å². The van der Waals surface area contributed by atoms with Gasteiger partial charge >= 0.3 is 0 Å². The molecule has 1 aromatic heterocycles. The summed E-state index contributed by atoms with van der Waals surface area (Å²) in [6.07, 6.45) is 0.897. The van der Waals surface area contributed by atoms with Gasteiger partial charge in [0.25, 0.3) is 5.56 Å². The molecule has 0 radical (unpaired) electrons. The first-order chi connectivity index (χ1) is 16.5.